The lowest BCUT2D eigenvalue weighted by Crippen LogP contribution is -2.04. The smallest absolute Gasteiger partial charge is 0.337 e. The molecule has 0 fully saturated rings. The summed E-state index contributed by atoms with van der Waals surface area (Å²) >= 11 is 0. The zero-order valence-corrected chi connectivity index (χ0v) is 11.5. The minimum atomic E-state index is -0.400. The van der Waals surface area contributed by atoms with Crippen LogP contribution in [-0.4, -0.2) is 39.3 Å². The van der Waals surface area contributed by atoms with Crippen molar-refractivity contribution in [1.82, 2.24) is 14.5 Å². The number of esters is 1. The molecule has 0 bridgehead atoms. The largest absolute Gasteiger partial charge is 0.465 e. The first-order valence-electron chi connectivity index (χ1n) is 6.33. The fourth-order valence-corrected chi connectivity index (χ4v) is 1.97. The number of methoxy groups -OCH3 is 1. The molecule has 0 aliphatic carbocycles. The van der Waals surface area contributed by atoms with Crippen molar-refractivity contribution in [1.29, 1.82) is 0 Å². The van der Waals surface area contributed by atoms with Gasteiger partial charge in [0.2, 0.25) is 0 Å². The van der Waals surface area contributed by atoms with Crippen molar-refractivity contribution in [3.8, 4) is 11.5 Å². The predicted octanol–water partition coefficient (Wildman–Crippen LogP) is 1.19. The highest BCUT2D eigenvalue weighted by molar-refractivity contribution is 5.90. The Morgan fingerprint density at radius 2 is 2.25 bits per heavy atom. The van der Waals surface area contributed by atoms with Gasteiger partial charge in [-0.3, -0.25) is 4.98 Å². The van der Waals surface area contributed by atoms with Crippen molar-refractivity contribution in [3.63, 3.8) is 0 Å². The Morgan fingerprint density at radius 1 is 1.45 bits per heavy atom. The van der Waals surface area contributed by atoms with Gasteiger partial charge in [-0.25, -0.2) is 9.78 Å². The van der Waals surface area contributed by atoms with Gasteiger partial charge in [0.15, 0.2) is 5.82 Å². The molecule has 0 atom stereocenters. The van der Waals surface area contributed by atoms with E-state index >= 15 is 0 Å². The molecule has 2 heterocycles. The van der Waals surface area contributed by atoms with Gasteiger partial charge in [0.25, 0.3) is 0 Å². The van der Waals surface area contributed by atoms with Crippen molar-refractivity contribution in [3.05, 3.63) is 35.8 Å². The zero-order valence-electron chi connectivity index (χ0n) is 11.5. The molecule has 0 radical (unpaired) electrons. The summed E-state index contributed by atoms with van der Waals surface area (Å²) in [5.41, 5.74) is 2.07. The number of rotatable bonds is 5. The minimum absolute atomic E-state index is 0.149. The molecule has 0 amide bonds. The number of aliphatic hydroxyl groups is 1. The van der Waals surface area contributed by atoms with Crippen LogP contribution >= 0.6 is 0 Å². The van der Waals surface area contributed by atoms with Crippen molar-refractivity contribution < 1.29 is 14.6 Å². The van der Waals surface area contributed by atoms with Crippen LogP contribution < -0.4 is 0 Å². The van der Waals surface area contributed by atoms with E-state index in [1.807, 2.05) is 11.6 Å². The number of carbonyl (C=O) groups excluding carboxylic acids is 1. The Labute approximate surface area is 117 Å². The monoisotopic (exact) mass is 275 g/mol. The van der Waals surface area contributed by atoms with Gasteiger partial charge < -0.3 is 14.4 Å². The van der Waals surface area contributed by atoms with E-state index in [-0.39, 0.29) is 6.61 Å². The molecule has 0 aliphatic rings. The second kappa shape index (κ2) is 6.29. The Bertz CT molecular complexity index is 607. The van der Waals surface area contributed by atoms with E-state index in [4.69, 9.17) is 9.84 Å². The molecule has 0 saturated heterocycles. The fraction of sp³-hybridized carbons (Fsp3) is 0.357. The Morgan fingerprint density at radius 3 is 2.95 bits per heavy atom. The topological polar surface area (TPSA) is 77.2 Å². The van der Waals surface area contributed by atoms with Crippen LogP contribution in [0.4, 0.5) is 0 Å². The first-order chi connectivity index (χ1) is 9.67. The van der Waals surface area contributed by atoms with Gasteiger partial charge in [-0.1, -0.05) is 0 Å². The van der Waals surface area contributed by atoms with Crippen molar-refractivity contribution in [2.45, 2.75) is 12.8 Å². The van der Waals surface area contributed by atoms with Crippen molar-refractivity contribution in [2.75, 3.05) is 13.7 Å². The highest BCUT2D eigenvalue weighted by Crippen LogP contribution is 2.18. The van der Waals surface area contributed by atoms with E-state index in [9.17, 15) is 4.79 Å². The molecule has 0 saturated carbocycles. The number of ether oxygens (including phenoxy) is 1. The lowest BCUT2D eigenvalue weighted by atomic mass is 10.2. The third-order valence-electron chi connectivity index (χ3n) is 3.09. The molecule has 106 valence electrons. The van der Waals surface area contributed by atoms with Gasteiger partial charge in [-0.2, -0.15) is 0 Å². The molecule has 1 N–H and O–H groups in total. The lowest BCUT2D eigenvalue weighted by molar-refractivity contribution is 0.0600. The number of nitrogens with zero attached hydrogens (tertiary/aromatic N) is 3. The summed E-state index contributed by atoms with van der Waals surface area (Å²) in [5.74, 6) is 0.284. The molecule has 0 aliphatic heterocycles. The fourth-order valence-electron chi connectivity index (χ4n) is 1.97. The van der Waals surface area contributed by atoms with E-state index < -0.39 is 5.97 Å². The molecule has 0 unspecified atom stereocenters. The maximum Gasteiger partial charge on any atom is 0.337 e. The van der Waals surface area contributed by atoms with E-state index in [1.165, 1.54) is 7.11 Å². The van der Waals surface area contributed by atoms with E-state index in [1.54, 1.807) is 24.5 Å². The zero-order chi connectivity index (χ0) is 14.5. The van der Waals surface area contributed by atoms with Crippen LogP contribution in [0.3, 0.4) is 0 Å². The molecule has 6 nitrogen and oxygen atoms in total. The van der Waals surface area contributed by atoms with Crippen molar-refractivity contribution in [2.24, 2.45) is 7.05 Å². The van der Waals surface area contributed by atoms with Gasteiger partial charge >= 0.3 is 5.97 Å². The number of aliphatic hydroxyl groups excluding tert-OH is 1. The highest BCUT2D eigenvalue weighted by Gasteiger charge is 2.12. The Kier molecular flexibility index (Phi) is 4.47. The maximum absolute atomic E-state index is 11.5. The average molecular weight is 275 g/mol. The molecule has 2 aromatic heterocycles. The number of aromatic nitrogens is 3. The molecule has 2 rings (SSSR count). The minimum Gasteiger partial charge on any atom is -0.465 e. The van der Waals surface area contributed by atoms with E-state index in [0.717, 1.165) is 12.1 Å². The van der Waals surface area contributed by atoms with Crippen LogP contribution in [0.1, 0.15) is 22.5 Å². The van der Waals surface area contributed by atoms with Crippen LogP contribution in [0.5, 0.6) is 0 Å². The third-order valence-corrected chi connectivity index (χ3v) is 3.09. The summed E-state index contributed by atoms with van der Waals surface area (Å²) in [6.07, 6.45) is 4.76. The lowest BCUT2D eigenvalue weighted by Gasteiger charge is -2.06. The maximum atomic E-state index is 11.5. The van der Waals surface area contributed by atoms with Gasteiger partial charge in [-0.05, 0) is 25.0 Å². The second-order valence-corrected chi connectivity index (χ2v) is 4.38. The van der Waals surface area contributed by atoms with Crippen LogP contribution in [0.2, 0.25) is 0 Å². The van der Waals surface area contributed by atoms with Crippen LogP contribution in [0.15, 0.2) is 24.5 Å². The number of hydrogen-bond acceptors (Lipinski definition) is 5. The summed E-state index contributed by atoms with van der Waals surface area (Å²) in [5, 5.41) is 8.87. The highest BCUT2D eigenvalue weighted by atomic mass is 16.5. The predicted molar refractivity (Wildman–Crippen MR) is 73.2 cm³/mol. The standard InChI is InChI=1S/C14H17N3O3/c1-17-11(4-3-7-18)9-16-13(17)12-8-10(5-6-15-12)14(19)20-2/h5-6,8-9,18H,3-4,7H2,1-2H3. The third kappa shape index (κ3) is 2.85. The summed E-state index contributed by atoms with van der Waals surface area (Å²) in [6, 6.07) is 3.26. The number of pyridine rings is 1. The van der Waals surface area contributed by atoms with Gasteiger partial charge in [0.05, 0.1) is 12.7 Å². The SMILES string of the molecule is COC(=O)c1ccnc(-c2ncc(CCCO)n2C)c1. The number of hydrogen-bond donors (Lipinski definition) is 1. The van der Waals surface area contributed by atoms with Crippen molar-refractivity contribution >= 4 is 5.97 Å². The molecule has 6 heteroatoms. The van der Waals surface area contributed by atoms with Crippen LogP contribution in [0.25, 0.3) is 11.5 Å². The van der Waals surface area contributed by atoms with Gasteiger partial charge in [0, 0.05) is 31.7 Å². The van der Waals surface area contributed by atoms with Crippen LogP contribution in [-0.2, 0) is 18.2 Å². The summed E-state index contributed by atoms with van der Waals surface area (Å²) < 4.78 is 6.61. The summed E-state index contributed by atoms with van der Waals surface area (Å²) in [4.78, 5) is 20.1. The number of carbonyl (C=O) groups is 1. The molecular formula is C14H17N3O3. The quantitative estimate of drug-likeness (QED) is 0.829. The second-order valence-electron chi connectivity index (χ2n) is 4.38. The molecule has 2 aromatic rings. The molecule has 20 heavy (non-hydrogen) atoms. The molecule has 0 spiro atoms. The molecule has 0 aromatic carbocycles. The van der Waals surface area contributed by atoms with Gasteiger partial charge in [0.1, 0.15) is 5.69 Å². The first kappa shape index (κ1) is 14.2. The Balaban J connectivity index is 2.32. The number of imidazole rings is 1. The molecular weight excluding hydrogens is 258 g/mol. The summed E-state index contributed by atoms with van der Waals surface area (Å²) in [7, 11) is 3.23. The van der Waals surface area contributed by atoms with E-state index in [2.05, 4.69) is 9.97 Å². The van der Waals surface area contributed by atoms with E-state index in [0.29, 0.717) is 23.5 Å². The average Bonchev–Trinajstić information content (AvgIpc) is 2.85. The Hall–Kier alpha value is -2.21. The summed E-state index contributed by atoms with van der Waals surface area (Å²) in [6.45, 7) is 0.149. The normalized spacial score (nSPS) is 10.6. The van der Waals surface area contributed by atoms with Crippen LogP contribution in [0, 0.1) is 0 Å². The van der Waals surface area contributed by atoms with Gasteiger partial charge in [-0.15, -0.1) is 0 Å². The first-order valence-corrected chi connectivity index (χ1v) is 6.33. The number of aryl methyl sites for hydroxylation is 1.